The summed E-state index contributed by atoms with van der Waals surface area (Å²) in [6.07, 6.45) is -2.73. The van der Waals surface area contributed by atoms with Gasteiger partial charge in [0.2, 0.25) is 0 Å². The first-order valence-corrected chi connectivity index (χ1v) is 7.14. The fraction of sp³-hybridized carbons (Fsp3) is 0.0769. The number of aromatic nitrogens is 2. The fourth-order valence-electron chi connectivity index (χ4n) is 1.76. The molecule has 0 saturated carbocycles. The highest BCUT2D eigenvalue weighted by atomic mass is 79.9. The van der Waals surface area contributed by atoms with Gasteiger partial charge in [-0.25, -0.2) is 9.97 Å². The highest BCUT2D eigenvalue weighted by molar-refractivity contribution is 9.10. The number of rotatable bonds is 1. The zero-order chi connectivity index (χ0) is 14.3. The summed E-state index contributed by atoms with van der Waals surface area (Å²) in [6.45, 7) is 0. The first-order valence-electron chi connectivity index (χ1n) is 5.53. The quantitative estimate of drug-likeness (QED) is 0.563. The monoisotopic (exact) mass is 358 g/mol. The van der Waals surface area contributed by atoms with E-state index in [-0.39, 0.29) is 0 Å². The number of halogens is 4. The van der Waals surface area contributed by atoms with Gasteiger partial charge in [0.25, 0.3) is 0 Å². The first kappa shape index (κ1) is 13.5. The Labute approximate surface area is 124 Å². The van der Waals surface area contributed by atoms with Gasteiger partial charge in [-0.05, 0) is 46.3 Å². The van der Waals surface area contributed by atoms with Crippen molar-refractivity contribution in [3.63, 3.8) is 0 Å². The molecular weight excluding hydrogens is 353 g/mol. The van der Waals surface area contributed by atoms with Crippen LogP contribution in [0.1, 0.15) is 5.56 Å². The standard InChI is InChI=1S/C13H6BrF3N2S/c14-11-5-7(3-4-18-11)12-19-9-6-8(13(15,16)17)1-2-10(9)20-12/h1-6H. The number of hydrogen-bond donors (Lipinski definition) is 0. The maximum absolute atomic E-state index is 12.7. The lowest BCUT2D eigenvalue weighted by Crippen LogP contribution is -2.03. The molecule has 0 aliphatic carbocycles. The van der Waals surface area contributed by atoms with Crippen LogP contribution in [-0.4, -0.2) is 9.97 Å². The molecule has 2 heterocycles. The number of thiazole rings is 1. The van der Waals surface area contributed by atoms with E-state index in [0.717, 1.165) is 22.4 Å². The zero-order valence-electron chi connectivity index (χ0n) is 9.78. The van der Waals surface area contributed by atoms with Crippen LogP contribution in [-0.2, 0) is 6.18 Å². The van der Waals surface area contributed by atoms with Crippen molar-refractivity contribution >= 4 is 37.5 Å². The number of pyridine rings is 1. The number of benzene rings is 1. The van der Waals surface area contributed by atoms with Crippen molar-refractivity contribution in [1.82, 2.24) is 9.97 Å². The first-order chi connectivity index (χ1) is 9.43. The molecule has 0 fully saturated rings. The average Bonchev–Trinajstić information content (AvgIpc) is 2.80. The van der Waals surface area contributed by atoms with Crippen LogP contribution in [0.2, 0.25) is 0 Å². The Balaban J connectivity index is 2.11. The van der Waals surface area contributed by atoms with Crippen LogP contribution in [0.4, 0.5) is 13.2 Å². The Morgan fingerprint density at radius 2 is 1.90 bits per heavy atom. The van der Waals surface area contributed by atoms with Crippen molar-refractivity contribution in [2.24, 2.45) is 0 Å². The van der Waals surface area contributed by atoms with Crippen molar-refractivity contribution in [2.45, 2.75) is 6.18 Å². The van der Waals surface area contributed by atoms with Gasteiger partial charge >= 0.3 is 6.18 Å². The van der Waals surface area contributed by atoms with E-state index in [9.17, 15) is 13.2 Å². The second-order valence-electron chi connectivity index (χ2n) is 4.07. The van der Waals surface area contributed by atoms with Crippen LogP contribution < -0.4 is 0 Å². The molecule has 0 saturated heterocycles. The molecule has 3 rings (SSSR count). The van der Waals surface area contributed by atoms with Crippen LogP contribution in [0, 0.1) is 0 Å². The summed E-state index contributed by atoms with van der Waals surface area (Å²) in [5.41, 5.74) is 0.493. The summed E-state index contributed by atoms with van der Waals surface area (Å²) >= 11 is 4.61. The lowest BCUT2D eigenvalue weighted by atomic mass is 10.2. The van der Waals surface area contributed by atoms with E-state index in [2.05, 4.69) is 25.9 Å². The summed E-state index contributed by atoms with van der Waals surface area (Å²) in [7, 11) is 0. The molecule has 3 aromatic rings. The minimum atomic E-state index is -4.35. The molecule has 0 aliphatic rings. The van der Waals surface area contributed by atoms with E-state index in [1.165, 1.54) is 17.4 Å². The number of hydrogen-bond acceptors (Lipinski definition) is 3. The molecule has 0 bridgehead atoms. The van der Waals surface area contributed by atoms with Gasteiger partial charge in [-0.1, -0.05) is 0 Å². The van der Waals surface area contributed by atoms with Gasteiger partial charge < -0.3 is 0 Å². The zero-order valence-corrected chi connectivity index (χ0v) is 12.2. The molecule has 0 unspecified atom stereocenters. The predicted octanol–water partition coefficient (Wildman–Crippen LogP) is 5.14. The van der Waals surface area contributed by atoms with Crippen molar-refractivity contribution < 1.29 is 13.2 Å². The summed E-state index contributed by atoms with van der Waals surface area (Å²) in [6, 6.07) is 7.16. The Kier molecular flexibility index (Phi) is 3.25. The van der Waals surface area contributed by atoms with Gasteiger partial charge in [0.1, 0.15) is 9.61 Å². The molecule has 0 N–H and O–H groups in total. The number of alkyl halides is 3. The van der Waals surface area contributed by atoms with E-state index < -0.39 is 11.7 Å². The molecule has 7 heteroatoms. The van der Waals surface area contributed by atoms with Crippen molar-refractivity contribution in [1.29, 1.82) is 0 Å². The smallest absolute Gasteiger partial charge is 0.249 e. The average molecular weight is 359 g/mol. The molecule has 0 amide bonds. The van der Waals surface area contributed by atoms with E-state index in [1.54, 1.807) is 18.3 Å². The molecular formula is C13H6BrF3N2S. The number of nitrogens with zero attached hydrogens (tertiary/aromatic N) is 2. The molecule has 1 aromatic carbocycles. The summed E-state index contributed by atoms with van der Waals surface area (Å²) < 4.78 is 39.4. The molecule has 0 radical (unpaired) electrons. The topological polar surface area (TPSA) is 25.8 Å². The molecule has 0 atom stereocenters. The third kappa shape index (κ3) is 2.55. The van der Waals surface area contributed by atoms with Crippen molar-refractivity contribution in [2.75, 3.05) is 0 Å². The van der Waals surface area contributed by atoms with Crippen LogP contribution in [0.25, 0.3) is 20.8 Å². The van der Waals surface area contributed by atoms with Gasteiger partial charge in [0.05, 0.1) is 15.8 Å². The highest BCUT2D eigenvalue weighted by Crippen LogP contribution is 2.35. The van der Waals surface area contributed by atoms with Gasteiger partial charge in [-0.2, -0.15) is 13.2 Å². The Hall–Kier alpha value is -1.47. The Morgan fingerprint density at radius 1 is 1.10 bits per heavy atom. The second-order valence-corrected chi connectivity index (χ2v) is 5.91. The third-order valence-electron chi connectivity index (χ3n) is 2.69. The summed E-state index contributed by atoms with van der Waals surface area (Å²) in [5, 5.41) is 0.669. The minimum Gasteiger partial charge on any atom is -0.249 e. The van der Waals surface area contributed by atoms with E-state index in [1.807, 2.05) is 0 Å². The third-order valence-corrected chi connectivity index (χ3v) is 4.21. The van der Waals surface area contributed by atoms with Crippen molar-refractivity contribution in [3.8, 4) is 10.6 Å². The van der Waals surface area contributed by atoms with Crippen LogP contribution >= 0.6 is 27.3 Å². The SMILES string of the molecule is FC(F)(F)c1ccc2sc(-c3ccnc(Br)c3)nc2c1. The molecule has 102 valence electrons. The van der Waals surface area contributed by atoms with Crippen LogP contribution in [0.5, 0.6) is 0 Å². The molecule has 2 aromatic heterocycles. The summed E-state index contributed by atoms with van der Waals surface area (Å²) in [5.74, 6) is 0. The highest BCUT2D eigenvalue weighted by Gasteiger charge is 2.30. The number of fused-ring (bicyclic) bond motifs is 1. The maximum atomic E-state index is 12.7. The lowest BCUT2D eigenvalue weighted by molar-refractivity contribution is -0.137. The molecule has 0 spiro atoms. The molecule has 20 heavy (non-hydrogen) atoms. The van der Waals surface area contributed by atoms with Gasteiger partial charge in [0.15, 0.2) is 0 Å². The van der Waals surface area contributed by atoms with Crippen LogP contribution in [0.3, 0.4) is 0 Å². The van der Waals surface area contributed by atoms with E-state index in [4.69, 9.17) is 0 Å². The Bertz CT molecular complexity index is 783. The van der Waals surface area contributed by atoms with Gasteiger partial charge in [-0.15, -0.1) is 11.3 Å². The maximum Gasteiger partial charge on any atom is 0.416 e. The van der Waals surface area contributed by atoms with E-state index >= 15 is 0 Å². The fourth-order valence-corrected chi connectivity index (χ4v) is 3.07. The largest absolute Gasteiger partial charge is 0.416 e. The second kappa shape index (κ2) is 4.82. The Morgan fingerprint density at radius 3 is 2.60 bits per heavy atom. The van der Waals surface area contributed by atoms with E-state index in [0.29, 0.717) is 15.1 Å². The van der Waals surface area contributed by atoms with Crippen molar-refractivity contribution in [3.05, 3.63) is 46.7 Å². The lowest BCUT2D eigenvalue weighted by Gasteiger charge is -2.04. The minimum absolute atomic E-state index is 0.354. The summed E-state index contributed by atoms with van der Waals surface area (Å²) in [4.78, 5) is 8.28. The predicted molar refractivity (Wildman–Crippen MR) is 75.6 cm³/mol. The van der Waals surface area contributed by atoms with Gasteiger partial charge in [0, 0.05) is 11.8 Å². The normalized spacial score (nSPS) is 12.0. The van der Waals surface area contributed by atoms with Gasteiger partial charge in [-0.3, -0.25) is 0 Å². The molecule has 2 nitrogen and oxygen atoms in total. The molecule has 0 aliphatic heterocycles. The van der Waals surface area contributed by atoms with Crippen LogP contribution in [0.15, 0.2) is 41.1 Å².